The molecule has 0 aliphatic heterocycles. The van der Waals surface area contributed by atoms with Gasteiger partial charge in [0.1, 0.15) is 0 Å². The lowest BCUT2D eigenvalue weighted by Gasteiger charge is -2.38. The van der Waals surface area contributed by atoms with E-state index in [0.717, 1.165) is 24.2 Å². The quantitative estimate of drug-likeness (QED) is 0.845. The number of nitrogens with zero attached hydrogens (tertiary/aromatic N) is 1. The molecule has 94 valence electrons. The van der Waals surface area contributed by atoms with Gasteiger partial charge in [0.2, 0.25) is 0 Å². The van der Waals surface area contributed by atoms with Crippen LogP contribution in [0.25, 0.3) is 5.69 Å². The summed E-state index contributed by atoms with van der Waals surface area (Å²) in [6.45, 7) is 1.90. The SMILES string of the molecule is Cc1c[nH]c(=O)n1-c1ccc(C2(N)CCC2)cc1. The number of rotatable bonds is 2. The molecule has 3 N–H and O–H groups in total. The Morgan fingerprint density at radius 1 is 1.28 bits per heavy atom. The molecule has 0 unspecified atom stereocenters. The Bertz CT molecular complexity index is 617. The number of hydrogen-bond donors (Lipinski definition) is 2. The Balaban J connectivity index is 1.99. The average Bonchev–Trinajstić information content (AvgIpc) is 2.66. The topological polar surface area (TPSA) is 63.8 Å². The lowest BCUT2D eigenvalue weighted by atomic mass is 9.73. The van der Waals surface area contributed by atoms with Gasteiger partial charge < -0.3 is 10.7 Å². The Morgan fingerprint density at radius 3 is 2.39 bits per heavy atom. The molecule has 0 amide bonds. The first-order valence-electron chi connectivity index (χ1n) is 6.27. The molecule has 1 aliphatic carbocycles. The van der Waals surface area contributed by atoms with Gasteiger partial charge in [0.05, 0.1) is 5.69 Å². The maximum atomic E-state index is 11.7. The van der Waals surface area contributed by atoms with Gasteiger partial charge in [-0.15, -0.1) is 0 Å². The molecule has 3 rings (SSSR count). The van der Waals surface area contributed by atoms with Crippen LogP contribution < -0.4 is 11.4 Å². The predicted octanol–water partition coefficient (Wildman–Crippen LogP) is 1.81. The van der Waals surface area contributed by atoms with E-state index in [1.165, 1.54) is 12.0 Å². The molecule has 1 aromatic heterocycles. The molecule has 1 aliphatic rings. The van der Waals surface area contributed by atoms with Crippen LogP contribution in [0.1, 0.15) is 30.5 Å². The third kappa shape index (κ3) is 1.61. The molecule has 4 heteroatoms. The molecular formula is C14H17N3O. The highest BCUT2D eigenvalue weighted by molar-refractivity contribution is 5.39. The summed E-state index contributed by atoms with van der Waals surface area (Å²) in [5.74, 6) is 0. The molecular weight excluding hydrogens is 226 g/mol. The number of aromatic amines is 1. The Hall–Kier alpha value is -1.81. The van der Waals surface area contributed by atoms with Crippen LogP contribution in [0.15, 0.2) is 35.3 Å². The van der Waals surface area contributed by atoms with Crippen LogP contribution in [0.2, 0.25) is 0 Å². The molecule has 0 saturated heterocycles. The largest absolute Gasteiger partial charge is 0.330 e. The predicted molar refractivity (Wildman–Crippen MR) is 70.8 cm³/mol. The van der Waals surface area contributed by atoms with Crippen LogP contribution >= 0.6 is 0 Å². The number of imidazole rings is 1. The van der Waals surface area contributed by atoms with E-state index >= 15 is 0 Å². The van der Waals surface area contributed by atoms with Crippen LogP contribution in [-0.4, -0.2) is 9.55 Å². The number of H-pyrrole nitrogens is 1. The van der Waals surface area contributed by atoms with E-state index in [0.29, 0.717) is 0 Å². The van der Waals surface area contributed by atoms with Gasteiger partial charge >= 0.3 is 5.69 Å². The zero-order valence-electron chi connectivity index (χ0n) is 10.4. The van der Waals surface area contributed by atoms with Crippen molar-refractivity contribution in [3.63, 3.8) is 0 Å². The fourth-order valence-electron chi connectivity index (χ4n) is 2.57. The van der Waals surface area contributed by atoms with E-state index in [4.69, 9.17) is 5.73 Å². The van der Waals surface area contributed by atoms with Crippen molar-refractivity contribution in [2.75, 3.05) is 0 Å². The molecule has 1 aromatic carbocycles. The monoisotopic (exact) mass is 243 g/mol. The minimum Gasteiger partial charge on any atom is -0.321 e. The summed E-state index contributed by atoms with van der Waals surface area (Å²) >= 11 is 0. The maximum Gasteiger partial charge on any atom is 0.330 e. The summed E-state index contributed by atoms with van der Waals surface area (Å²) in [5, 5.41) is 0. The molecule has 1 saturated carbocycles. The molecule has 0 bridgehead atoms. The number of benzene rings is 1. The summed E-state index contributed by atoms with van der Waals surface area (Å²) in [4.78, 5) is 14.4. The lowest BCUT2D eigenvalue weighted by molar-refractivity contribution is 0.253. The zero-order chi connectivity index (χ0) is 12.8. The number of nitrogens with two attached hydrogens (primary N) is 1. The lowest BCUT2D eigenvalue weighted by Crippen LogP contribution is -2.43. The van der Waals surface area contributed by atoms with Crippen molar-refractivity contribution >= 4 is 0 Å². The highest BCUT2D eigenvalue weighted by Crippen LogP contribution is 2.38. The maximum absolute atomic E-state index is 11.7. The van der Waals surface area contributed by atoms with Crippen LogP contribution in [0, 0.1) is 6.92 Å². The molecule has 0 atom stereocenters. The van der Waals surface area contributed by atoms with Crippen LogP contribution in [0.3, 0.4) is 0 Å². The third-order valence-electron chi connectivity index (χ3n) is 3.91. The van der Waals surface area contributed by atoms with E-state index in [2.05, 4.69) is 4.98 Å². The van der Waals surface area contributed by atoms with Crippen molar-refractivity contribution in [2.24, 2.45) is 5.73 Å². The molecule has 4 nitrogen and oxygen atoms in total. The van der Waals surface area contributed by atoms with Gasteiger partial charge in [-0.2, -0.15) is 0 Å². The van der Waals surface area contributed by atoms with Crippen LogP contribution in [0.4, 0.5) is 0 Å². The van der Waals surface area contributed by atoms with Crippen molar-refractivity contribution in [2.45, 2.75) is 31.7 Å². The fraction of sp³-hybridized carbons (Fsp3) is 0.357. The Labute approximate surface area is 105 Å². The van der Waals surface area contributed by atoms with Crippen LogP contribution in [0.5, 0.6) is 0 Å². The second-order valence-electron chi connectivity index (χ2n) is 5.13. The standard InChI is InChI=1S/C14H17N3O/c1-10-9-16-13(18)17(10)12-5-3-11(4-6-12)14(15)7-2-8-14/h3-6,9H,2,7-8,15H2,1H3,(H,16,18). The summed E-state index contributed by atoms with van der Waals surface area (Å²) in [6.07, 6.45) is 5.02. The van der Waals surface area contributed by atoms with Gasteiger partial charge in [-0.05, 0) is 43.9 Å². The van der Waals surface area contributed by atoms with Crippen molar-refractivity contribution in [3.8, 4) is 5.69 Å². The second kappa shape index (κ2) is 3.85. The average molecular weight is 243 g/mol. The van der Waals surface area contributed by atoms with Crippen molar-refractivity contribution in [3.05, 3.63) is 52.2 Å². The molecule has 1 heterocycles. The van der Waals surface area contributed by atoms with E-state index in [1.54, 1.807) is 10.8 Å². The van der Waals surface area contributed by atoms with Crippen molar-refractivity contribution in [1.82, 2.24) is 9.55 Å². The van der Waals surface area contributed by atoms with Gasteiger partial charge in [-0.25, -0.2) is 4.79 Å². The van der Waals surface area contributed by atoms with Gasteiger partial charge in [0, 0.05) is 17.4 Å². The van der Waals surface area contributed by atoms with Gasteiger partial charge in [-0.1, -0.05) is 12.1 Å². The number of aromatic nitrogens is 2. The molecule has 2 aromatic rings. The second-order valence-corrected chi connectivity index (χ2v) is 5.13. The van der Waals surface area contributed by atoms with Gasteiger partial charge in [0.25, 0.3) is 0 Å². The zero-order valence-corrected chi connectivity index (χ0v) is 10.4. The first kappa shape index (κ1) is 11.3. The Morgan fingerprint density at radius 2 is 1.94 bits per heavy atom. The van der Waals surface area contributed by atoms with E-state index < -0.39 is 0 Å². The van der Waals surface area contributed by atoms with Gasteiger partial charge in [-0.3, -0.25) is 4.57 Å². The first-order valence-corrected chi connectivity index (χ1v) is 6.27. The molecule has 18 heavy (non-hydrogen) atoms. The number of aryl methyl sites for hydroxylation is 1. The van der Waals surface area contributed by atoms with Gasteiger partial charge in [0.15, 0.2) is 0 Å². The first-order chi connectivity index (χ1) is 8.60. The smallest absolute Gasteiger partial charge is 0.321 e. The molecule has 0 spiro atoms. The normalized spacial score (nSPS) is 17.4. The fourth-order valence-corrected chi connectivity index (χ4v) is 2.57. The summed E-state index contributed by atoms with van der Waals surface area (Å²) in [6, 6.07) is 8.00. The minimum absolute atomic E-state index is 0.105. The number of hydrogen-bond acceptors (Lipinski definition) is 2. The number of nitrogens with one attached hydrogen (secondary N) is 1. The third-order valence-corrected chi connectivity index (χ3v) is 3.91. The van der Waals surface area contributed by atoms with Crippen molar-refractivity contribution < 1.29 is 0 Å². The van der Waals surface area contributed by atoms with Crippen molar-refractivity contribution in [1.29, 1.82) is 0 Å². The van der Waals surface area contributed by atoms with E-state index in [-0.39, 0.29) is 11.2 Å². The summed E-state index contributed by atoms with van der Waals surface area (Å²) < 4.78 is 1.66. The van der Waals surface area contributed by atoms with E-state index in [9.17, 15) is 4.79 Å². The van der Waals surface area contributed by atoms with Crippen LogP contribution in [-0.2, 0) is 5.54 Å². The highest BCUT2D eigenvalue weighted by atomic mass is 16.1. The Kier molecular flexibility index (Phi) is 2.41. The summed E-state index contributed by atoms with van der Waals surface area (Å²) in [5.41, 5.74) is 8.98. The summed E-state index contributed by atoms with van der Waals surface area (Å²) in [7, 11) is 0. The minimum atomic E-state index is -0.142. The molecule has 0 radical (unpaired) electrons. The van der Waals surface area contributed by atoms with E-state index in [1.807, 2.05) is 31.2 Å². The molecule has 1 fully saturated rings. The highest BCUT2D eigenvalue weighted by Gasteiger charge is 2.34.